The highest BCUT2D eigenvalue weighted by Crippen LogP contribution is 2.13. The average Bonchev–Trinajstić information content (AvgIpc) is 2.55. The van der Waals surface area contributed by atoms with Gasteiger partial charge in [-0.2, -0.15) is 0 Å². The van der Waals surface area contributed by atoms with Crippen LogP contribution in [0.5, 0.6) is 0 Å². The van der Waals surface area contributed by atoms with Gasteiger partial charge in [0.15, 0.2) is 0 Å². The number of imide groups is 1. The molecule has 0 spiro atoms. The quantitative estimate of drug-likeness (QED) is 0.687. The minimum Gasteiger partial charge on any atom is -0.355 e. The third-order valence-corrected chi connectivity index (χ3v) is 3.16. The van der Waals surface area contributed by atoms with Crippen molar-refractivity contribution in [2.45, 2.75) is 46.6 Å². The molecule has 1 aliphatic rings. The van der Waals surface area contributed by atoms with Gasteiger partial charge in [0.1, 0.15) is 12.6 Å². The predicted molar refractivity (Wildman–Crippen MR) is 76.0 cm³/mol. The Morgan fingerprint density at radius 3 is 2.45 bits per heavy atom. The van der Waals surface area contributed by atoms with Crippen LogP contribution in [0.1, 0.15) is 40.5 Å². The predicted octanol–water partition coefficient (Wildman–Crippen LogP) is 1.12. The fourth-order valence-corrected chi connectivity index (χ4v) is 2.06. The molecule has 6 heteroatoms. The number of amides is 4. The van der Waals surface area contributed by atoms with E-state index in [0.717, 1.165) is 11.3 Å². The number of carbonyl (C=O) groups excluding carboxylic acids is 3. The summed E-state index contributed by atoms with van der Waals surface area (Å²) in [4.78, 5) is 36.5. The van der Waals surface area contributed by atoms with Crippen molar-refractivity contribution in [2.75, 3.05) is 13.1 Å². The molecule has 0 aliphatic carbocycles. The molecule has 1 atom stereocenters. The average molecular weight is 283 g/mol. The van der Waals surface area contributed by atoms with Crippen molar-refractivity contribution in [2.24, 2.45) is 11.8 Å². The van der Waals surface area contributed by atoms with Gasteiger partial charge in [0.25, 0.3) is 5.91 Å². The summed E-state index contributed by atoms with van der Waals surface area (Å²) in [5.41, 5.74) is 0. The lowest BCUT2D eigenvalue weighted by atomic mass is 10.0. The topological polar surface area (TPSA) is 78.5 Å². The van der Waals surface area contributed by atoms with Crippen molar-refractivity contribution in [3.8, 4) is 0 Å². The largest absolute Gasteiger partial charge is 0.355 e. The molecule has 0 aromatic rings. The molecule has 1 rings (SSSR count). The molecule has 1 heterocycles. The van der Waals surface area contributed by atoms with E-state index in [4.69, 9.17) is 0 Å². The van der Waals surface area contributed by atoms with E-state index in [1.54, 1.807) is 0 Å². The zero-order valence-electron chi connectivity index (χ0n) is 12.7. The molecule has 2 N–H and O–H groups in total. The fraction of sp³-hybridized carbons (Fsp3) is 0.786. The number of hydrogen-bond donors (Lipinski definition) is 2. The standard InChI is InChI=1S/C14H25N3O3/c1-9(2)5-6-15-12(18)8-17-13(19)11(7-10(3)4)16-14(17)20/h9-11H,5-8H2,1-4H3,(H,15,18)(H,16,20)/t11-/m1/s1. The van der Waals surface area contributed by atoms with Crippen LogP contribution < -0.4 is 10.6 Å². The molecule has 1 fully saturated rings. The lowest BCUT2D eigenvalue weighted by Gasteiger charge is -2.14. The van der Waals surface area contributed by atoms with Crippen LogP contribution in [0, 0.1) is 11.8 Å². The van der Waals surface area contributed by atoms with Crippen molar-refractivity contribution in [3.63, 3.8) is 0 Å². The monoisotopic (exact) mass is 283 g/mol. The van der Waals surface area contributed by atoms with Crippen LogP contribution in [0.2, 0.25) is 0 Å². The molecule has 0 radical (unpaired) electrons. The van der Waals surface area contributed by atoms with Crippen LogP contribution in [0.15, 0.2) is 0 Å². The number of urea groups is 1. The molecule has 0 unspecified atom stereocenters. The van der Waals surface area contributed by atoms with Gasteiger partial charge in [-0.1, -0.05) is 27.7 Å². The minimum atomic E-state index is -0.494. The van der Waals surface area contributed by atoms with Crippen LogP contribution >= 0.6 is 0 Å². The van der Waals surface area contributed by atoms with E-state index < -0.39 is 12.1 Å². The van der Waals surface area contributed by atoms with Crippen LogP contribution in [0.4, 0.5) is 4.79 Å². The van der Waals surface area contributed by atoms with E-state index in [1.165, 1.54) is 0 Å². The third kappa shape index (κ3) is 4.83. The van der Waals surface area contributed by atoms with Gasteiger partial charge in [-0.15, -0.1) is 0 Å². The summed E-state index contributed by atoms with van der Waals surface area (Å²) < 4.78 is 0. The van der Waals surface area contributed by atoms with Crippen molar-refractivity contribution >= 4 is 17.8 Å². The van der Waals surface area contributed by atoms with Crippen LogP contribution in [0.25, 0.3) is 0 Å². The third-order valence-electron chi connectivity index (χ3n) is 3.16. The second-order valence-electron chi connectivity index (χ2n) is 6.09. The van der Waals surface area contributed by atoms with Gasteiger partial charge in [0.2, 0.25) is 5.91 Å². The number of rotatable bonds is 7. The Bertz CT molecular complexity index is 380. The van der Waals surface area contributed by atoms with Gasteiger partial charge in [-0.3, -0.25) is 14.5 Å². The minimum absolute atomic E-state index is 0.197. The number of nitrogens with one attached hydrogen (secondary N) is 2. The number of hydrogen-bond acceptors (Lipinski definition) is 3. The molecule has 1 aliphatic heterocycles. The number of nitrogens with zero attached hydrogens (tertiary/aromatic N) is 1. The van der Waals surface area contributed by atoms with Crippen molar-refractivity contribution in [3.05, 3.63) is 0 Å². The first kappa shape index (κ1) is 16.5. The molecule has 20 heavy (non-hydrogen) atoms. The second-order valence-corrected chi connectivity index (χ2v) is 6.09. The maximum atomic E-state index is 12.0. The Hall–Kier alpha value is -1.59. The highest BCUT2D eigenvalue weighted by atomic mass is 16.2. The van der Waals surface area contributed by atoms with Gasteiger partial charge < -0.3 is 10.6 Å². The zero-order valence-corrected chi connectivity index (χ0v) is 12.7. The molecule has 114 valence electrons. The molecule has 1 saturated heterocycles. The van der Waals surface area contributed by atoms with Gasteiger partial charge in [0, 0.05) is 6.54 Å². The highest BCUT2D eigenvalue weighted by Gasteiger charge is 2.38. The van der Waals surface area contributed by atoms with Gasteiger partial charge >= 0.3 is 6.03 Å². The summed E-state index contributed by atoms with van der Waals surface area (Å²) in [7, 11) is 0. The Morgan fingerprint density at radius 1 is 1.25 bits per heavy atom. The molecular weight excluding hydrogens is 258 g/mol. The summed E-state index contributed by atoms with van der Waals surface area (Å²) >= 11 is 0. The summed E-state index contributed by atoms with van der Waals surface area (Å²) in [5, 5.41) is 5.35. The number of carbonyl (C=O) groups is 3. The van der Waals surface area contributed by atoms with Crippen LogP contribution in [0.3, 0.4) is 0 Å². The molecular formula is C14H25N3O3. The maximum Gasteiger partial charge on any atom is 0.325 e. The molecule has 0 saturated carbocycles. The SMILES string of the molecule is CC(C)CCNC(=O)CN1C(=O)N[C@H](CC(C)C)C1=O. The van der Waals surface area contributed by atoms with E-state index >= 15 is 0 Å². The Balaban J connectivity index is 2.45. The highest BCUT2D eigenvalue weighted by molar-refractivity contribution is 6.06. The van der Waals surface area contributed by atoms with Crippen LogP contribution in [-0.4, -0.2) is 41.9 Å². The molecule has 0 aromatic heterocycles. The maximum absolute atomic E-state index is 12.0. The summed E-state index contributed by atoms with van der Waals surface area (Å²) in [6, 6.07) is -0.967. The smallest absolute Gasteiger partial charge is 0.325 e. The first-order valence-electron chi connectivity index (χ1n) is 7.19. The second kappa shape index (κ2) is 7.26. The fourth-order valence-electron chi connectivity index (χ4n) is 2.06. The lowest BCUT2D eigenvalue weighted by Crippen LogP contribution is -2.41. The summed E-state index contributed by atoms with van der Waals surface area (Å²) in [6.07, 6.45) is 1.47. The van der Waals surface area contributed by atoms with Crippen molar-refractivity contribution in [1.82, 2.24) is 15.5 Å². The first-order valence-corrected chi connectivity index (χ1v) is 7.19. The Labute approximate surface area is 120 Å². The summed E-state index contributed by atoms with van der Waals surface area (Å²) in [6.45, 7) is 8.48. The Kier molecular flexibility index (Phi) is 5.98. The van der Waals surface area contributed by atoms with Gasteiger partial charge in [-0.25, -0.2) is 4.79 Å². The molecule has 4 amide bonds. The van der Waals surface area contributed by atoms with Crippen molar-refractivity contribution < 1.29 is 14.4 Å². The van der Waals surface area contributed by atoms with Crippen LogP contribution in [-0.2, 0) is 9.59 Å². The Morgan fingerprint density at radius 2 is 1.90 bits per heavy atom. The molecule has 0 aromatic carbocycles. The van der Waals surface area contributed by atoms with Gasteiger partial charge in [0.05, 0.1) is 0 Å². The molecule has 0 bridgehead atoms. The summed E-state index contributed by atoms with van der Waals surface area (Å²) in [5.74, 6) is 0.216. The van der Waals surface area contributed by atoms with E-state index in [-0.39, 0.29) is 18.4 Å². The normalized spacial score (nSPS) is 18.9. The van der Waals surface area contributed by atoms with Gasteiger partial charge in [-0.05, 0) is 24.7 Å². The molecule has 6 nitrogen and oxygen atoms in total. The van der Waals surface area contributed by atoms with E-state index in [1.807, 2.05) is 13.8 Å². The van der Waals surface area contributed by atoms with E-state index in [0.29, 0.717) is 24.8 Å². The first-order chi connectivity index (χ1) is 9.31. The van der Waals surface area contributed by atoms with E-state index in [9.17, 15) is 14.4 Å². The lowest BCUT2D eigenvalue weighted by molar-refractivity contribution is -0.132. The van der Waals surface area contributed by atoms with E-state index in [2.05, 4.69) is 24.5 Å². The van der Waals surface area contributed by atoms with Crippen molar-refractivity contribution in [1.29, 1.82) is 0 Å². The zero-order chi connectivity index (χ0) is 15.3.